The molecule has 0 aliphatic carbocycles. The van der Waals surface area contributed by atoms with Gasteiger partial charge < -0.3 is 13.9 Å². The summed E-state index contributed by atoms with van der Waals surface area (Å²) in [6.45, 7) is 0. The molecule has 0 saturated heterocycles. The van der Waals surface area contributed by atoms with Crippen molar-refractivity contribution in [2.24, 2.45) is 0 Å². The highest BCUT2D eigenvalue weighted by Gasteiger charge is 2.18. The van der Waals surface area contributed by atoms with Crippen LogP contribution in [-0.4, -0.2) is 4.57 Å². The number of para-hydroxylation sites is 4. The first-order valence-electron chi connectivity index (χ1n) is 16.7. The Morgan fingerprint density at radius 2 is 1.10 bits per heavy atom. The minimum absolute atomic E-state index is 0.914. The van der Waals surface area contributed by atoms with Crippen LogP contribution in [0, 0.1) is 0 Å². The van der Waals surface area contributed by atoms with Gasteiger partial charge in [-0.05, 0) is 89.3 Å². The molecule has 0 unspecified atom stereocenters. The summed E-state index contributed by atoms with van der Waals surface area (Å²) in [4.78, 5) is 2.35. The van der Waals surface area contributed by atoms with E-state index in [2.05, 4.69) is 179 Å². The average molecular weight is 627 g/mol. The molecule has 0 saturated carbocycles. The third-order valence-corrected chi connectivity index (χ3v) is 9.77. The summed E-state index contributed by atoms with van der Waals surface area (Å²) < 4.78 is 8.85. The van der Waals surface area contributed by atoms with Crippen LogP contribution in [0.15, 0.2) is 186 Å². The molecular weight excluding hydrogens is 597 g/mol. The van der Waals surface area contributed by atoms with Gasteiger partial charge >= 0.3 is 0 Å². The van der Waals surface area contributed by atoms with E-state index in [0.717, 1.165) is 61.2 Å². The Bertz CT molecular complexity index is 2810. The van der Waals surface area contributed by atoms with Gasteiger partial charge in [0.25, 0.3) is 0 Å². The minimum atomic E-state index is 0.914. The molecule has 0 aliphatic rings. The monoisotopic (exact) mass is 626 g/mol. The molecule has 0 spiro atoms. The number of rotatable bonds is 5. The number of furan rings is 1. The summed E-state index contributed by atoms with van der Waals surface area (Å²) in [6.07, 6.45) is 0. The summed E-state index contributed by atoms with van der Waals surface area (Å²) in [5, 5.41) is 7.06. The van der Waals surface area contributed by atoms with Crippen LogP contribution in [0.3, 0.4) is 0 Å². The maximum atomic E-state index is 6.49. The van der Waals surface area contributed by atoms with Crippen LogP contribution in [-0.2, 0) is 0 Å². The van der Waals surface area contributed by atoms with E-state index in [1.165, 1.54) is 27.2 Å². The number of hydrogen-bond donors (Lipinski definition) is 0. The Morgan fingerprint density at radius 1 is 0.429 bits per heavy atom. The van der Waals surface area contributed by atoms with E-state index in [-0.39, 0.29) is 0 Å². The molecular formula is C46H30N2O. The van der Waals surface area contributed by atoms with E-state index >= 15 is 0 Å². The lowest BCUT2D eigenvalue weighted by Crippen LogP contribution is -2.09. The minimum Gasteiger partial charge on any atom is -0.455 e. The molecule has 0 N–H and O–H groups in total. The molecule has 3 heteroatoms. The van der Waals surface area contributed by atoms with Crippen molar-refractivity contribution in [3.05, 3.63) is 182 Å². The zero-order valence-electron chi connectivity index (χ0n) is 26.6. The smallest absolute Gasteiger partial charge is 0.143 e. The van der Waals surface area contributed by atoms with E-state index in [1.807, 2.05) is 12.1 Å². The Labute approximate surface area is 283 Å². The molecule has 2 heterocycles. The van der Waals surface area contributed by atoms with Crippen LogP contribution in [0.2, 0.25) is 0 Å². The number of aromatic nitrogens is 1. The van der Waals surface area contributed by atoms with Gasteiger partial charge in [-0.2, -0.15) is 0 Å². The largest absolute Gasteiger partial charge is 0.455 e. The lowest BCUT2D eigenvalue weighted by molar-refractivity contribution is 0.673. The maximum Gasteiger partial charge on any atom is 0.143 e. The highest BCUT2D eigenvalue weighted by molar-refractivity contribution is 6.19. The summed E-state index contributed by atoms with van der Waals surface area (Å²) in [5.74, 6) is 0. The van der Waals surface area contributed by atoms with Crippen LogP contribution in [0.25, 0.3) is 71.3 Å². The van der Waals surface area contributed by atoms with Gasteiger partial charge in [0, 0.05) is 49.7 Å². The predicted molar refractivity (Wildman–Crippen MR) is 206 cm³/mol. The zero-order valence-corrected chi connectivity index (χ0v) is 26.6. The molecule has 10 aromatic rings. The van der Waals surface area contributed by atoms with Crippen LogP contribution in [0.4, 0.5) is 17.1 Å². The molecule has 0 radical (unpaired) electrons. The Kier molecular flexibility index (Phi) is 6.18. The molecule has 0 fully saturated rings. The van der Waals surface area contributed by atoms with Gasteiger partial charge in [0.1, 0.15) is 11.2 Å². The van der Waals surface area contributed by atoms with Crippen molar-refractivity contribution < 1.29 is 4.42 Å². The van der Waals surface area contributed by atoms with Crippen LogP contribution < -0.4 is 4.90 Å². The molecule has 0 atom stereocenters. The normalized spacial score (nSPS) is 11.7. The van der Waals surface area contributed by atoms with Gasteiger partial charge in [-0.15, -0.1) is 0 Å². The predicted octanol–water partition coefficient (Wildman–Crippen LogP) is 13.0. The van der Waals surface area contributed by atoms with Crippen molar-refractivity contribution in [2.75, 3.05) is 4.90 Å². The lowest BCUT2D eigenvalue weighted by atomic mass is 9.96. The number of hydrogen-bond acceptors (Lipinski definition) is 2. The van der Waals surface area contributed by atoms with E-state index in [4.69, 9.17) is 4.42 Å². The number of benzene rings is 8. The van der Waals surface area contributed by atoms with E-state index in [0.29, 0.717) is 0 Å². The summed E-state index contributed by atoms with van der Waals surface area (Å²) in [5.41, 5.74) is 11.0. The fourth-order valence-corrected chi connectivity index (χ4v) is 7.56. The average Bonchev–Trinajstić information content (AvgIpc) is 3.72. The standard InChI is InChI=1S/C46H30N2O/c1-3-13-33(14-4-1)47(36-27-29-43-41(30-36)38-17-7-9-20-42(38)48(43)34-15-5-2-6-16-34)35-25-22-31(23-26-35)37-19-11-12-32-24-28-40-39-18-8-10-21-44(39)49-46(40)45(32)37/h1-30H. The second-order valence-electron chi connectivity index (χ2n) is 12.6. The van der Waals surface area contributed by atoms with Crippen molar-refractivity contribution in [3.8, 4) is 16.8 Å². The second kappa shape index (κ2) is 11.0. The number of anilines is 3. The van der Waals surface area contributed by atoms with Crippen LogP contribution in [0.1, 0.15) is 0 Å². The van der Waals surface area contributed by atoms with Crippen molar-refractivity contribution in [1.29, 1.82) is 0 Å². The number of fused-ring (bicyclic) bond motifs is 8. The third kappa shape index (κ3) is 4.37. The van der Waals surface area contributed by atoms with Crippen molar-refractivity contribution in [2.45, 2.75) is 0 Å². The Balaban J connectivity index is 1.13. The van der Waals surface area contributed by atoms with E-state index in [1.54, 1.807) is 0 Å². The highest BCUT2D eigenvalue weighted by Crippen LogP contribution is 2.42. The van der Waals surface area contributed by atoms with Crippen molar-refractivity contribution >= 4 is 71.6 Å². The summed E-state index contributed by atoms with van der Waals surface area (Å²) in [7, 11) is 0. The first kappa shape index (κ1) is 27.5. The van der Waals surface area contributed by atoms with Crippen molar-refractivity contribution in [1.82, 2.24) is 4.57 Å². The quantitative estimate of drug-likeness (QED) is 0.190. The molecule has 230 valence electrons. The van der Waals surface area contributed by atoms with Gasteiger partial charge in [0.15, 0.2) is 0 Å². The fraction of sp³-hybridized carbons (Fsp3) is 0. The maximum absolute atomic E-state index is 6.49. The molecule has 0 bridgehead atoms. The molecule has 10 rings (SSSR count). The topological polar surface area (TPSA) is 21.3 Å². The van der Waals surface area contributed by atoms with E-state index < -0.39 is 0 Å². The lowest BCUT2D eigenvalue weighted by Gasteiger charge is -2.26. The Hall–Kier alpha value is -6.58. The molecule has 8 aromatic carbocycles. The number of nitrogens with zero attached hydrogens (tertiary/aromatic N) is 2. The van der Waals surface area contributed by atoms with Gasteiger partial charge in [-0.3, -0.25) is 0 Å². The third-order valence-electron chi connectivity index (χ3n) is 9.77. The Morgan fingerprint density at radius 3 is 1.94 bits per heavy atom. The van der Waals surface area contributed by atoms with Gasteiger partial charge in [0.05, 0.1) is 11.0 Å². The first-order chi connectivity index (χ1) is 24.3. The second-order valence-corrected chi connectivity index (χ2v) is 12.6. The van der Waals surface area contributed by atoms with E-state index in [9.17, 15) is 0 Å². The van der Waals surface area contributed by atoms with Crippen LogP contribution in [0.5, 0.6) is 0 Å². The SMILES string of the molecule is c1ccc(N(c2ccc(-c3cccc4ccc5c6ccccc6oc5c34)cc2)c2ccc3c(c2)c2ccccc2n3-c2ccccc2)cc1. The zero-order chi connectivity index (χ0) is 32.3. The van der Waals surface area contributed by atoms with Gasteiger partial charge in [-0.25, -0.2) is 0 Å². The van der Waals surface area contributed by atoms with Crippen LogP contribution >= 0.6 is 0 Å². The summed E-state index contributed by atoms with van der Waals surface area (Å²) >= 11 is 0. The molecule has 0 amide bonds. The van der Waals surface area contributed by atoms with Crippen molar-refractivity contribution in [3.63, 3.8) is 0 Å². The molecule has 2 aromatic heterocycles. The van der Waals surface area contributed by atoms with Gasteiger partial charge in [-0.1, -0.05) is 109 Å². The fourth-order valence-electron chi connectivity index (χ4n) is 7.56. The molecule has 3 nitrogen and oxygen atoms in total. The molecule has 49 heavy (non-hydrogen) atoms. The highest BCUT2D eigenvalue weighted by atomic mass is 16.3. The van der Waals surface area contributed by atoms with Gasteiger partial charge in [0.2, 0.25) is 0 Å². The summed E-state index contributed by atoms with van der Waals surface area (Å²) in [6, 6.07) is 64.9. The first-order valence-corrected chi connectivity index (χ1v) is 16.7. The molecule has 0 aliphatic heterocycles.